The number of aromatic carboxylic acids is 1. The smallest absolute Gasteiger partial charge is 0.418 e. The second-order valence-corrected chi connectivity index (χ2v) is 3.08. The van der Waals surface area contributed by atoms with Gasteiger partial charge in [0, 0.05) is 0 Å². The van der Waals surface area contributed by atoms with Crippen LogP contribution in [0.1, 0.15) is 28.0 Å². The number of methoxy groups -OCH3 is 1. The van der Waals surface area contributed by atoms with Crippen molar-refractivity contribution in [2.75, 3.05) is 7.11 Å². The SMILES string of the molecule is COc1nc(C(F)F)c(C(F)(F)F)cc1C(=O)O. The maximum absolute atomic E-state index is 12.5. The molecular weight excluding hydrogens is 265 g/mol. The molecule has 0 aliphatic heterocycles. The number of alkyl halides is 5. The van der Waals surface area contributed by atoms with Crippen molar-refractivity contribution < 1.29 is 36.6 Å². The molecule has 100 valence electrons. The van der Waals surface area contributed by atoms with E-state index >= 15 is 0 Å². The van der Waals surface area contributed by atoms with Gasteiger partial charge in [0.2, 0.25) is 5.88 Å². The molecule has 0 aliphatic rings. The highest BCUT2D eigenvalue weighted by Gasteiger charge is 2.38. The van der Waals surface area contributed by atoms with Crippen LogP contribution in [0.25, 0.3) is 0 Å². The van der Waals surface area contributed by atoms with Gasteiger partial charge < -0.3 is 9.84 Å². The quantitative estimate of drug-likeness (QED) is 0.859. The van der Waals surface area contributed by atoms with Crippen LogP contribution < -0.4 is 4.74 Å². The zero-order valence-electron chi connectivity index (χ0n) is 8.76. The molecule has 18 heavy (non-hydrogen) atoms. The van der Waals surface area contributed by atoms with Crippen LogP contribution in [0.3, 0.4) is 0 Å². The molecule has 0 amide bonds. The van der Waals surface area contributed by atoms with Gasteiger partial charge in [-0.15, -0.1) is 0 Å². The fraction of sp³-hybridized carbons (Fsp3) is 0.333. The molecule has 0 atom stereocenters. The molecule has 0 spiro atoms. The summed E-state index contributed by atoms with van der Waals surface area (Å²) in [5, 5.41) is 8.64. The molecule has 1 aromatic heterocycles. The molecule has 1 aromatic rings. The maximum atomic E-state index is 12.5. The van der Waals surface area contributed by atoms with Crippen molar-refractivity contribution in [1.82, 2.24) is 4.98 Å². The van der Waals surface area contributed by atoms with Crippen molar-refractivity contribution in [2.24, 2.45) is 0 Å². The van der Waals surface area contributed by atoms with Crippen molar-refractivity contribution in [3.05, 3.63) is 22.9 Å². The normalized spacial score (nSPS) is 11.7. The lowest BCUT2D eigenvalue weighted by Crippen LogP contribution is -2.15. The van der Waals surface area contributed by atoms with Crippen LogP contribution in [0.2, 0.25) is 0 Å². The second kappa shape index (κ2) is 4.75. The van der Waals surface area contributed by atoms with E-state index < -0.39 is 41.3 Å². The van der Waals surface area contributed by atoms with E-state index in [0.29, 0.717) is 0 Å². The Kier molecular flexibility index (Phi) is 3.73. The Morgan fingerprint density at radius 1 is 1.44 bits per heavy atom. The molecule has 0 saturated carbocycles. The number of nitrogens with zero attached hydrogens (tertiary/aromatic N) is 1. The van der Waals surface area contributed by atoms with Crippen molar-refractivity contribution in [3.63, 3.8) is 0 Å². The predicted octanol–water partition coefficient (Wildman–Crippen LogP) is 2.74. The third-order valence-electron chi connectivity index (χ3n) is 1.95. The van der Waals surface area contributed by atoms with E-state index in [9.17, 15) is 26.7 Å². The molecule has 0 aliphatic carbocycles. The van der Waals surface area contributed by atoms with Crippen molar-refractivity contribution in [3.8, 4) is 5.88 Å². The summed E-state index contributed by atoms with van der Waals surface area (Å²) < 4.78 is 66.7. The molecule has 4 nitrogen and oxygen atoms in total. The molecule has 0 unspecified atom stereocenters. The number of hydrogen-bond donors (Lipinski definition) is 1. The van der Waals surface area contributed by atoms with Gasteiger partial charge in [0.1, 0.15) is 11.3 Å². The van der Waals surface area contributed by atoms with Crippen LogP contribution in [0.15, 0.2) is 6.07 Å². The van der Waals surface area contributed by atoms with E-state index in [4.69, 9.17) is 5.11 Å². The summed E-state index contributed by atoms with van der Waals surface area (Å²) in [5.74, 6) is -2.56. The molecule has 0 radical (unpaired) electrons. The number of hydrogen-bond acceptors (Lipinski definition) is 3. The van der Waals surface area contributed by atoms with Crippen LogP contribution in [-0.4, -0.2) is 23.2 Å². The highest BCUT2D eigenvalue weighted by Crippen LogP contribution is 2.37. The summed E-state index contributed by atoms with van der Waals surface area (Å²) in [6.45, 7) is 0. The summed E-state index contributed by atoms with van der Waals surface area (Å²) >= 11 is 0. The first-order valence-electron chi connectivity index (χ1n) is 4.36. The first kappa shape index (κ1) is 14.1. The topological polar surface area (TPSA) is 59.4 Å². The van der Waals surface area contributed by atoms with Crippen LogP contribution in [0.4, 0.5) is 22.0 Å². The van der Waals surface area contributed by atoms with E-state index in [1.807, 2.05) is 0 Å². The summed E-state index contributed by atoms with van der Waals surface area (Å²) in [6.07, 6.45) is -8.63. The minimum absolute atomic E-state index is 0.0790. The van der Waals surface area contributed by atoms with Gasteiger partial charge in [-0.2, -0.15) is 13.2 Å². The van der Waals surface area contributed by atoms with E-state index in [1.54, 1.807) is 0 Å². The standard InChI is InChI=1S/C9H6F5NO3/c1-18-7-3(8(16)17)2-4(9(12,13)14)5(15-7)6(10)11/h2,6H,1H3,(H,16,17). The second-order valence-electron chi connectivity index (χ2n) is 3.08. The zero-order chi connectivity index (χ0) is 14.1. The molecule has 0 saturated heterocycles. The first-order chi connectivity index (χ1) is 8.18. The van der Waals surface area contributed by atoms with E-state index in [-0.39, 0.29) is 6.07 Å². The Hall–Kier alpha value is -1.93. The van der Waals surface area contributed by atoms with Gasteiger partial charge in [-0.05, 0) is 6.07 Å². The minimum atomic E-state index is -5.13. The molecule has 0 bridgehead atoms. The first-order valence-corrected chi connectivity index (χ1v) is 4.36. The Morgan fingerprint density at radius 3 is 2.33 bits per heavy atom. The average Bonchev–Trinajstić information content (AvgIpc) is 2.25. The van der Waals surface area contributed by atoms with E-state index in [1.165, 1.54) is 0 Å². The van der Waals surface area contributed by atoms with E-state index in [0.717, 1.165) is 7.11 Å². The van der Waals surface area contributed by atoms with Gasteiger partial charge in [0.25, 0.3) is 6.43 Å². The van der Waals surface area contributed by atoms with Gasteiger partial charge in [-0.25, -0.2) is 18.6 Å². The number of rotatable bonds is 3. The highest BCUT2D eigenvalue weighted by atomic mass is 19.4. The number of carboxylic acid groups (broad SMARTS) is 1. The number of carbonyl (C=O) groups is 1. The monoisotopic (exact) mass is 271 g/mol. The zero-order valence-corrected chi connectivity index (χ0v) is 8.76. The molecule has 1 N–H and O–H groups in total. The highest BCUT2D eigenvalue weighted by molar-refractivity contribution is 5.90. The molecule has 1 heterocycles. The summed E-state index contributed by atoms with van der Waals surface area (Å²) in [5.41, 5.74) is -4.30. The van der Waals surface area contributed by atoms with Crippen LogP contribution in [-0.2, 0) is 6.18 Å². The molecule has 0 aromatic carbocycles. The summed E-state index contributed by atoms with van der Waals surface area (Å²) in [4.78, 5) is 13.6. The lowest BCUT2D eigenvalue weighted by Gasteiger charge is -2.14. The van der Waals surface area contributed by atoms with Crippen molar-refractivity contribution >= 4 is 5.97 Å². The van der Waals surface area contributed by atoms with Crippen molar-refractivity contribution in [2.45, 2.75) is 12.6 Å². The van der Waals surface area contributed by atoms with Gasteiger partial charge in [-0.1, -0.05) is 0 Å². The number of pyridine rings is 1. The van der Waals surface area contributed by atoms with Crippen LogP contribution in [0.5, 0.6) is 5.88 Å². The maximum Gasteiger partial charge on any atom is 0.418 e. The average molecular weight is 271 g/mol. The minimum Gasteiger partial charge on any atom is -0.480 e. The molecule has 1 rings (SSSR count). The third-order valence-corrected chi connectivity index (χ3v) is 1.95. The Labute approximate surface area is 97.0 Å². The third kappa shape index (κ3) is 2.66. The number of aromatic nitrogens is 1. The van der Waals surface area contributed by atoms with Gasteiger partial charge in [-0.3, -0.25) is 0 Å². The molecular formula is C9H6F5NO3. The predicted molar refractivity (Wildman–Crippen MR) is 47.7 cm³/mol. The number of ether oxygens (including phenoxy) is 1. The van der Waals surface area contributed by atoms with Gasteiger partial charge in [0.15, 0.2) is 0 Å². The Morgan fingerprint density at radius 2 is 2.00 bits per heavy atom. The fourth-order valence-electron chi connectivity index (χ4n) is 1.21. The number of carboxylic acids is 1. The van der Waals surface area contributed by atoms with Crippen LogP contribution >= 0.6 is 0 Å². The van der Waals surface area contributed by atoms with Gasteiger partial charge >= 0.3 is 12.1 Å². The fourth-order valence-corrected chi connectivity index (χ4v) is 1.21. The van der Waals surface area contributed by atoms with Crippen LogP contribution in [0, 0.1) is 0 Å². The lowest BCUT2D eigenvalue weighted by atomic mass is 10.1. The summed E-state index contributed by atoms with van der Waals surface area (Å²) in [6, 6.07) is 0.0790. The van der Waals surface area contributed by atoms with Gasteiger partial charge in [0.05, 0.1) is 12.7 Å². The largest absolute Gasteiger partial charge is 0.480 e. The summed E-state index contributed by atoms with van der Waals surface area (Å²) in [7, 11) is 0.914. The van der Waals surface area contributed by atoms with E-state index in [2.05, 4.69) is 9.72 Å². The number of halogens is 5. The molecule has 0 fully saturated rings. The van der Waals surface area contributed by atoms with Crippen molar-refractivity contribution in [1.29, 1.82) is 0 Å². The Bertz CT molecular complexity index is 472. The molecule has 9 heteroatoms. The Balaban J connectivity index is 3.58. The lowest BCUT2D eigenvalue weighted by molar-refractivity contribution is -0.140.